The summed E-state index contributed by atoms with van der Waals surface area (Å²) in [5.74, 6) is 1.10. The van der Waals surface area contributed by atoms with Crippen LogP contribution in [0.4, 0.5) is 0 Å². The lowest BCUT2D eigenvalue weighted by molar-refractivity contribution is -0.127. The van der Waals surface area contributed by atoms with Crippen molar-refractivity contribution in [2.45, 2.75) is 82.6 Å². The zero-order valence-electron chi connectivity index (χ0n) is 12.1. The maximum atomic E-state index is 12.5. The van der Waals surface area contributed by atoms with E-state index in [1.807, 2.05) is 0 Å². The number of nitrogens with one attached hydrogen (secondary N) is 1. The first-order valence-electron chi connectivity index (χ1n) is 8.14. The molecular weight excluding hydrogens is 258 g/mol. The lowest BCUT2D eigenvalue weighted by atomic mass is 9.82. The number of amides is 1. The van der Waals surface area contributed by atoms with Gasteiger partial charge in [-0.3, -0.25) is 4.79 Å². The van der Waals surface area contributed by atoms with E-state index in [1.54, 1.807) is 0 Å². The van der Waals surface area contributed by atoms with E-state index in [0.29, 0.717) is 5.88 Å². The summed E-state index contributed by atoms with van der Waals surface area (Å²) in [5.41, 5.74) is -0.0980. The average molecular weight is 286 g/mol. The Balaban J connectivity index is 1.90. The Bertz CT molecular complexity index is 278. The molecule has 0 atom stereocenters. The molecule has 0 aromatic heterocycles. The molecule has 0 unspecified atom stereocenters. The van der Waals surface area contributed by atoms with Crippen LogP contribution in [0.3, 0.4) is 0 Å². The van der Waals surface area contributed by atoms with Crippen molar-refractivity contribution in [2.24, 2.45) is 5.92 Å². The molecule has 2 aliphatic rings. The zero-order valence-corrected chi connectivity index (χ0v) is 12.8. The predicted octanol–water partition coefficient (Wildman–Crippen LogP) is 4.40. The topological polar surface area (TPSA) is 29.1 Å². The quantitative estimate of drug-likeness (QED) is 0.765. The van der Waals surface area contributed by atoms with Crippen molar-refractivity contribution in [1.82, 2.24) is 5.32 Å². The molecule has 1 amide bonds. The Morgan fingerprint density at radius 1 is 0.947 bits per heavy atom. The summed E-state index contributed by atoms with van der Waals surface area (Å²) in [5, 5.41) is 3.33. The van der Waals surface area contributed by atoms with Crippen LogP contribution in [0.15, 0.2) is 0 Å². The third kappa shape index (κ3) is 4.37. The van der Waals surface area contributed by atoms with E-state index in [9.17, 15) is 4.79 Å². The van der Waals surface area contributed by atoms with Crippen molar-refractivity contribution in [1.29, 1.82) is 0 Å². The molecule has 2 fully saturated rings. The Hall–Kier alpha value is -0.240. The monoisotopic (exact) mass is 285 g/mol. The number of alkyl halides is 1. The number of hydrogen-bond acceptors (Lipinski definition) is 1. The second-order valence-corrected chi connectivity index (χ2v) is 6.77. The van der Waals surface area contributed by atoms with Gasteiger partial charge in [0.2, 0.25) is 5.91 Å². The van der Waals surface area contributed by atoms with Gasteiger partial charge in [0.25, 0.3) is 0 Å². The lowest BCUT2D eigenvalue weighted by Gasteiger charge is -2.37. The van der Waals surface area contributed by atoms with E-state index < -0.39 is 0 Å². The van der Waals surface area contributed by atoms with Gasteiger partial charge in [-0.1, -0.05) is 51.4 Å². The summed E-state index contributed by atoms with van der Waals surface area (Å²) < 4.78 is 0. The number of carbonyl (C=O) groups excluding carboxylic acids is 1. The molecule has 1 N–H and O–H groups in total. The molecule has 0 spiro atoms. The molecule has 0 bridgehead atoms. The van der Waals surface area contributed by atoms with E-state index >= 15 is 0 Å². The molecule has 0 aromatic carbocycles. The van der Waals surface area contributed by atoms with Gasteiger partial charge in [-0.15, -0.1) is 11.6 Å². The average Bonchev–Trinajstić information content (AvgIpc) is 2.39. The molecule has 2 aliphatic carbocycles. The third-order valence-corrected chi connectivity index (χ3v) is 5.44. The SMILES string of the molecule is O=C(NC1(CCl)CCCCC1)C1CCCCCCC1. The van der Waals surface area contributed by atoms with Crippen molar-refractivity contribution in [2.75, 3.05) is 5.88 Å². The van der Waals surface area contributed by atoms with Gasteiger partial charge in [0.15, 0.2) is 0 Å². The van der Waals surface area contributed by atoms with Gasteiger partial charge < -0.3 is 5.32 Å². The van der Waals surface area contributed by atoms with Gasteiger partial charge >= 0.3 is 0 Å². The number of hydrogen-bond donors (Lipinski definition) is 1. The Morgan fingerprint density at radius 2 is 1.47 bits per heavy atom. The second kappa shape index (κ2) is 7.52. The van der Waals surface area contributed by atoms with E-state index in [0.717, 1.165) is 25.7 Å². The highest BCUT2D eigenvalue weighted by molar-refractivity contribution is 6.18. The van der Waals surface area contributed by atoms with Crippen LogP contribution in [-0.4, -0.2) is 17.3 Å². The largest absolute Gasteiger partial charge is 0.349 e. The van der Waals surface area contributed by atoms with Crippen LogP contribution in [-0.2, 0) is 4.79 Å². The van der Waals surface area contributed by atoms with Crippen LogP contribution in [0, 0.1) is 5.92 Å². The van der Waals surface area contributed by atoms with Crippen LogP contribution in [0.25, 0.3) is 0 Å². The summed E-state index contributed by atoms with van der Waals surface area (Å²) in [6, 6.07) is 0. The van der Waals surface area contributed by atoms with Crippen molar-refractivity contribution in [3.05, 3.63) is 0 Å². The molecular formula is C16H28ClNO. The fraction of sp³-hybridized carbons (Fsp3) is 0.938. The molecule has 0 saturated heterocycles. The van der Waals surface area contributed by atoms with Crippen LogP contribution < -0.4 is 5.32 Å². The van der Waals surface area contributed by atoms with Gasteiger partial charge in [-0.05, 0) is 25.7 Å². The predicted molar refractivity (Wildman–Crippen MR) is 80.5 cm³/mol. The molecule has 2 rings (SSSR count). The first-order valence-corrected chi connectivity index (χ1v) is 8.67. The zero-order chi connectivity index (χ0) is 13.6. The van der Waals surface area contributed by atoms with E-state index in [2.05, 4.69) is 5.32 Å². The molecule has 3 heteroatoms. The smallest absolute Gasteiger partial charge is 0.223 e. The van der Waals surface area contributed by atoms with Crippen LogP contribution in [0.5, 0.6) is 0 Å². The summed E-state index contributed by atoms with van der Waals surface area (Å²) in [4.78, 5) is 12.5. The van der Waals surface area contributed by atoms with Crippen molar-refractivity contribution >= 4 is 17.5 Å². The minimum Gasteiger partial charge on any atom is -0.349 e. The first kappa shape index (κ1) is 15.2. The molecule has 0 heterocycles. The van der Waals surface area contributed by atoms with Crippen molar-refractivity contribution < 1.29 is 4.79 Å². The van der Waals surface area contributed by atoms with Crippen molar-refractivity contribution in [3.63, 3.8) is 0 Å². The second-order valence-electron chi connectivity index (χ2n) is 6.51. The minimum absolute atomic E-state index is 0.0980. The summed E-state index contributed by atoms with van der Waals surface area (Å²) in [7, 11) is 0. The minimum atomic E-state index is -0.0980. The third-order valence-electron chi connectivity index (χ3n) is 4.93. The van der Waals surface area contributed by atoms with Crippen LogP contribution in [0.1, 0.15) is 77.0 Å². The highest BCUT2D eigenvalue weighted by atomic mass is 35.5. The first-order chi connectivity index (χ1) is 9.26. The molecule has 19 heavy (non-hydrogen) atoms. The molecule has 2 saturated carbocycles. The standard InChI is InChI=1S/C16H28ClNO/c17-13-16(11-7-4-8-12-16)18-15(19)14-9-5-2-1-3-6-10-14/h14H,1-13H2,(H,18,19). The van der Waals surface area contributed by atoms with E-state index in [4.69, 9.17) is 11.6 Å². The van der Waals surface area contributed by atoms with Gasteiger partial charge in [0.05, 0.1) is 5.54 Å². The molecule has 2 nitrogen and oxygen atoms in total. The van der Waals surface area contributed by atoms with Gasteiger partial charge in [-0.25, -0.2) is 0 Å². The normalized spacial score (nSPS) is 25.3. The Labute approximate surface area is 122 Å². The van der Waals surface area contributed by atoms with Crippen LogP contribution >= 0.6 is 11.6 Å². The molecule has 0 aromatic rings. The maximum absolute atomic E-state index is 12.5. The van der Waals surface area contributed by atoms with Gasteiger partial charge in [0.1, 0.15) is 0 Å². The summed E-state index contributed by atoms with van der Waals surface area (Å²) in [6.07, 6.45) is 14.3. The highest BCUT2D eigenvalue weighted by Crippen LogP contribution is 2.31. The van der Waals surface area contributed by atoms with E-state index in [1.165, 1.54) is 51.4 Å². The molecule has 0 aliphatic heterocycles. The number of rotatable bonds is 3. The fourth-order valence-corrected chi connectivity index (χ4v) is 3.94. The Morgan fingerprint density at radius 3 is 2.05 bits per heavy atom. The van der Waals surface area contributed by atoms with Crippen molar-refractivity contribution in [3.8, 4) is 0 Å². The maximum Gasteiger partial charge on any atom is 0.223 e. The number of carbonyl (C=O) groups is 1. The summed E-state index contributed by atoms with van der Waals surface area (Å²) >= 11 is 6.16. The molecule has 0 radical (unpaired) electrons. The van der Waals surface area contributed by atoms with Crippen LogP contribution in [0.2, 0.25) is 0 Å². The van der Waals surface area contributed by atoms with Gasteiger partial charge in [0, 0.05) is 11.8 Å². The number of halogens is 1. The van der Waals surface area contributed by atoms with E-state index in [-0.39, 0.29) is 17.4 Å². The summed E-state index contributed by atoms with van der Waals surface area (Å²) in [6.45, 7) is 0. The molecule has 110 valence electrons. The fourth-order valence-electron chi connectivity index (χ4n) is 3.60. The van der Waals surface area contributed by atoms with Gasteiger partial charge in [-0.2, -0.15) is 0 Å². The lowest BCUT2D eigenvalue weighted by Crippen LogP contribution is -2.53. The Kier molecular flexibility index (Phi) is 6.00. The highest BCUT2D eigenvalue weighted by Gasteiger charge is 2.34.